The van der Waals surface area contributed by atoms with Crippen LogP contribution in [-0.4, -0.2) is 62.3 Å². The smallest absolute Gasteiger partial charge is 0.252 e. The van der Waals surface area contributed by atoms with Crippen LogP contribution in [-0.2, 0) is 21.2 Å². The van der Waals surface area contributed by atoms with Crippen LogP contribution in [0.5, 0.6) is 0 Å². The standard InChI is InChI=1S/C18H29N3O3S2/c1-2-10-21(15-8-9-19-14-15)17(22)13-16-6-7-18(25-16)26(23,24)20-11-4-3-5-12-20/h6-7,15,19H,2-5,8-14H2,1H3. The van der Waals surface area contributed by atoms with E-state index in [0.29, 0.717) is 17.3 Å². The molecule has 146 valence electrons. The van der Waals surface area contributed by atoms with E-state index in [9.17, 15) is 13.2 Å². The van der Waals surface area contributed by atoms with Crippen molar-refractivity contribution in [1.29, 1.82) is 0 Å². The lowest BCUT2D eigenvalue weighted by Gasteiger charge is -2.28. The second-order valence-corrected chi connectivity index (χ2v) is 10.4. The van der Waals surface area contributed by atoms with E-state index in [1.165, 1.54) is 11.3 Å². The molecule has 0 aliphatic carbocycles. The Hall–Kier alpha value is -0.960. The summed E-state index contributed by atoms with van der Waals surface area (Å²) in [5, 5.41) is 3.31. The first-order chi connectivity index (χ1) is 12.5. The van der Waals surface area contributed by atoms with Crippen molar-refractivity contribution in [2.75, 3.05) is 32.7 Å². The molecule has 26 heavy (non-hydrogen) atoms. The molecule has 1 unspecified atom stereocenters. The maximum atomic E-state index is 12.8. The van der Waals surface area contributed by atoms with Crippen LogP contribution < -0.4 is 5.32 Å². The molecule has 1 N–H and O–H groups in total. The quantitative estimate of drug-likeness (QED) is 0.762. The lowest BCUT2D eigenvalue weighted by molar-refractivity contribution is -0.132. The van der Waals surface area contributed by atoms with E-state index < -0.39 is 10.0 Å². The fourth-order valence-corrected chi connectivity index (χ4v) is 6.75. The van der Waals surface area contributed by atoms with Gasteiger partial charge in [0, 0.05) is 37.1 Å². The number of nitrogens with zero attached hydrogens (tertiary/aromatic N) is 2. The summed E-state index contributed by atoms with van der Waals surface area (Å²) in [7, 11) is -3.41. The number of piperidine rings is 1. The van der Waals surface area contributed by atoms with Gasteiger partial charge in [-0.1, -0.05) is 13.3 Å². The maximum absolute atomic E-state index is 12.8. The zero-order valence-corrected chi connectivity index (χ0v) is 17.1. The molecule has 1 amide bonds. The van der Waals surface area contributed by atoms with Gasteiger partial charge in [-0.2, -0.15) is 4.31 Å². The van der Waals surface area contributed by atoms with Gasteiger partial charge < -0.3 is 10.2 Å². The molecule has 3 rings (SSSR count). The molecule has 0 spiro atoms. The third-order valence-corrected chi connectivity index (χ3v) is 8.58. The number of carbonyl (C=O) groups excluding carboxylic acids is 1. The Morgan fingerprint density at radius 2 is 2.08 bits per heavy atom. The molecule has 1 aromatic heterocycles. The number of thiophene rings is 1. The van der Waals surface area contributed by atoms with Crippen molar-refractivity contribution in [3.63, 3.8) is 0 Å². The van der Waals surface area contributed by atoms with Gasteiger partial charge in [-0.3, -0.25) is 4.79 Å². The molecule has 0 saturated carbocycles. The van der Waals surface area contributed by atoms with Gasteiger partial charge in [-0.15, -0.1) is 11.3 Å². The van der Waals surface area contributed by atoms with Crippen LogP contribution in [0.25, 0.3) is 0 Å². The molecule has 1 atom stereocenters. The Morgan fingerprint density at radius 1 is 1.31 bits per heavy atom. The summed E-state index contributed by atoms with van der Waals surface area (Å²) in [5.74, 6) is 0.101. The molecule has 3 heterocycles. The molecule has 2 fully saturated rings. The first kappa shape index (κ1) is 19.8. The average Bonchev–Trinajstić information content (AvgIpc) is 3.32. The summed E-state index contributed by atoms with van der Waals surface area (Å²) < 4.78 is 27.5. The van der Waals surface area contributed by atoms with E-state index in [2.05, 4.69) is 12.2 Å². The summed E-state index contributed by atoms with van der Waals surface area (Å²) in [4.78, 5) is 15.6. The van der Waals surface area contributed by atoms with Gasteiger partial charge in [0.05, 0.1) is 6.42 Å². The Bertz CT molecular complexity index is 705. The Labute approximate surface area is 160 Å². The van der Waals surface area contributed by atoms with Gasteiger partial charge in [0.15, 0.2) is 0 Å². The lowest BCUT2D eigenvalue weighted by Crippen LogP contribution is -2.42. The van der Waals surface area contributed by atoms with Gasteiger partial charge >= 0.3 is 0 Å². The number of sulfonamides is 1. The molecule has 2 aliphatic heterocycles. The van der Waals surface area contributed by atoms with Crippen molar-refractivity contribution >= 4 is 27.3 Å². The number of nitrogens with one attached hydrogen (secondary N) is 1. The van der Waals surface area contributed by atoms with E-state index in [4.69, 9.17) is 0 Å². The molecule has 2 saturated heterocycles. The number of carbonyl (C=O) groups is 1. The summed E-state index contributed by atoms with van der Waals surface area (Å²) in [6.07, 6.45) is 5.16. The summed E-state index contributed by atoms with van der Waals surface area (Å²) in [6.45, 7) is 5.85. The first-order valence-electron chi connectivity index (χ1n) is 9.61. The van der Waals surface area contributed by atoms with Crippen molar-refractivity contribution in [1.82, 2.24) is 14.5 Å². The topological polar surface area (TPSA) is 69.7 Å². The molecule has 2 aliphatic rings. The van der Waals surface area contributed by atoms with Crippen LogP contribution >= 0.6 is 11.3 Å². The fourth-order valence-electron chi connectivity index (χ4n) is 3.73. The molecule has 8 heteroatoms. The maximum Gasteiger partial charge on any atom is 0.252 e. The molecular formula is C18H29N3O3S2. The minimum absolute atomic E-state index is 0.101. The predicted octanol–water partition coefficient (Wildman–Crippen LogP) is 2.07. The highest BCUT2D eigenvalue weighted by Gasteiger charge is 2.29. The number of amides is 1. The molecule has 0 aromatic carbocycles. The average molecular weight is 400 g/mol. The van der Waals surface area contributed by atoms with Gasteiger partial charge in [-0.05, 0) is 44.4 Å². The van der Waals surface area contributed by atoms with Crippen LogP contribution in [0.3, 0.4) is 0 Å². The number of rotatable bonds is 7. The van der Waals surface area contributed by atoms with Gasteiger partial charge in [-0.25, -0.2) is 8.42 Å². The van der Waals surface area contributed by atoms with Crippen molar-refractivity contribution in [2.24, 2.45) is 0 Å². The Kier molecular flexibility index (Phi) is 6.71. The lowest BCUT2D eigenvalue weighted by atomic mass is 10.2. The van der Waals surface area contributed by atoms with E-state index in [-0.39, 0.29) is 18.4 Å². The third kappa shape index (κ3) is 4.47. The minimum atomic E-state index is -3.41. The van der Waals surface area contributed by atoms with Gasteiger partial charge in [0.25, 0.3) is 10.0 Å². The first-order valence-corrected chi connectivity index (χ1v) is 11.9. The monoisotopic (exact) mass is 399 g/mol. The zero-order valence-electron chi connectivity index (χ0n) is 15.4. The Morgan fingerprint density at radius 3 is 2.73 bits per heavy atom. The molecule has 6 nitrogen and oxygen atoms in total. The zero-order chi connectivity index (χ0) is 18.6. The molecule has 1 aromatic rings. The van der Waals surface area contributed by atoms with Crippen molar-refractivity contribution in [3.05, 3.63) is 17.0 Å². The second kappa shape index (κ2) is 8.82. The highest BCUT2D eigenvalue weighted by atomic mass is 32.2. The predicted molar refractivity (Wildman–Crippen MR) is 104 cm³/mol. The van der Waals surface area contributed by atoms with E-state index >= 15 is 0 Å². The highest BCUT2D eigenvalue weighted by Crippen LogP contribution is 2.28. The second-order valence-electron chi connectivity index (χ2n) is 7.10. The molecule has 0 bridgehead atoms. The largest absolute Gasteiger partial charge is 0.338 e. The Balaban J connectivity index is 1.67. The SMILES string of the molecule is CCCN(C(=O)Cc1ccc(S(=O)(=O)N2CCCCC2)s1)C1CCNC1. The van der Waals surface area contributed by atoms with Crippen LogP contribution in [0.1, 0.15) is 43.9 Å². The van der Waals surface area contributed by atoms with Crippen LogP contribution in [0.4, 0.5) is 0 Å². The van der Waals surface area contributed by atoms with E-state index in [1.54, 1.807) is 16.4 Å². The van der Waals surface area contributed by atoms with E-state index in [0.717, 1.165) is 56.6 Å². The fraction of sp³-hybridized carbons (Fsp3) is 0.722. The van der Waals surface area contributed by atoms with Crippen LogP contribution in [0.2, 0.25) is 0 Å². The number of hydrogen-bond acceptors (Lipinski definition) is 5. The highest BCUT2D eigenvalue weighted by molar-refractivity contribution is 7.91. The molecule has 0 radical (unpaired) electrons. The normalized spacial score (nSPS) is 21.8. The van der Waals surface area contributed by atoms with Gasteiger partial charge in [0.1, 0.15) is 4.21 Å². The van der Waals surface area contributed by atoms with Crippen LogP contribution in [0, 0.1) is 0 Å². The molecular weight excluding hydrogens is 370 g/mol. The third-order valence-electron chi connectivity index (χ3n) is 5.13. The van der Waals surface area contributed by atoms with E-state index in [1.807, 2.05) is 4.90 Å². The minimum Gasteiger partial charge on any atom is -0.338 e. The number of hydrogen-bond donors (Lipinski definition) is 1. The van der Waals surface area contributed by atoms with Crippen molar-refractivity contribution in [3.8, 4) is 0 Å². The van der Waals surface area contributed by atoms with Crippen molar-refractivity contribution in [2.45, 2.75) is 55.7 Å². The van der Waals surface area contributed by atoms with Crippen LogP contribution in [0.15, 0.2) is 16.3 Å². The summed E-state index contributed by atoms with van der Waals surface area (Å²) in [5.41, 5.74) is 0. The summed E-state index contributed by atoms with van der Waals surface area (Å²) >= 11 is 1.25. The van der Waals surface area contributed by atoms with Crippen molar-refractivity contribution < 1.29 is 13.2 Å². The van der Waals surface area contributed by atoms with Gasteiger partial charge in [0.2, 0.25) is 5.91 Å². The summed E-state index contributed by atoms with van der Waals surface area (Å²) in [6, 6.07) is 3.73.